The van der Waals surface area contributed by atoms with Gasteiger partial charge in [-0.25, -0.2) is 0 Å². The van der Waals surface area contributed by atoms with E-state index in [1.54, 1.807) is 0 Å². The normalized spacial score (nSPS) is 16.6. The van der Waals surface area contributed by atoms with Gasteiger partial charge in [0.05, 0.1) is 0 Å². The van der Waals surface area contributed by atoms with Crippen molar-refractivity contribution in [3.8, 4) is 0 Å². The Morgan fingerprint density at radius 1 is 1.23 bits per heavy atom. The van der Waals surface area contributed by atoms with Gasteiger partial charge in [0.1, 0.15) is 0 Å². The molecule has 0 radical (unpaired) electrons. The topological polar surface area (TPSA) is 18.8 Å². The lowest BCUT2D eigenvalue weighted by molar-refractivity contribution is 0.559. The van der Waals surface area contributed by atoms with Gasteiger partial charge < -0.3 is 4.98 Å². The summed E-state index contributed by atoms with van der Waals surface area (Å²) in [6.07, 6.45) is 2.13. The first-order chi connectivity index (χ1) is 6.43. The molecule has 1 saturated heterocycles. The summed E-state index contributed by atoms with van der Waals surface area (Å²) in [5, 5.41) is 1.37. The average molecular weight is 172 g/mol. The molecular formula is C11H12N2. The number of para-hydroxylation sites is 1. The molecule has 2 aromatic rings. The van der Waals surface area contributed by atoms with E-state index in [2.05, 4.69) is 40.3 Å². The fraction of sp³-hybridized carbons (Fsp3) is 0.273. The fourth-order valence-corrected chi connectivity index (χ4v) is 1.73. The van der Waals surface area contributed by atoms with Crippen LogP contribution >= 0.6 is 0 Å². The highest BCUT2D eigenvalue weighted by Gasteiger charge is 2.18. The molecule has 1 aromatic heterocycles. The molecule has 0 atom stereocenters. The van der Waals surface area contributed by atoms with Crippen LogP contribution in [0.4, 0.5) is 0 Å². The zero-order valence-electron chi connectivity index (χ0n) is 7.46. The molecule has 1 aliphatic rings. The van der Waals surface area contributed by atoms with Crippen LogP contribution in [0, 0.1) is 0 Å². The number of H-pyrrole nitrogens is 1. The molecule has 1 aromatic carbocycles. The van der Waals surface area contributed by atoms with E-state index < -0.39 is 0 Å². The lowest BCUT2D eigenvalue weighted by Crippen LogP contribution is -1.94. The molecule has 1 N–H and O–H groups in total. The lowest BCUT2D eigenvalue weighted by atomic mass is 10.2. The monoisotopic (exact) mass is 172 g/mol. The standard InChI is InChI=1S/C11H12N2/c1-2-4-11-10(3-1)9(7-12-11)8-13-5-6-13/h1-4,7,12H,5-6,8H2. The van der Waals surface area contributed by atoms with Crippen LogP contribution < -0.4 is 0 Å². The van der Waals surface area contributed by atoms with Gasteiger partial charge >= 0.3 is 0 Å². The second-order valence-corrected chi connectivity index (χ2v) is 3.64. The summed E-state index contributed by atoms with van der Waals surface area (Å²) in [5.74, 6) is 0. The number of hydrogen-bond donors (Lipinski definition) is 1. The van der Waals surface area contributed by atoms with Crippen LogP contribution in [-0.2, 0) is 6.54 Å². The highest BCUT2D eigenvalue weighted by atomic mass is 15.3. The zero-order chi connectivity index (χ0) is 8.67. The Kier molecular flexibility index (Phi) is 1.43. The van der Waals surface area contributed by atoms with Crippen molar-refractivity contribution in [1.29, 1.82) is 0 Å². The summed E-state index contributed by atoms with van der Waals surface area (Å²) in [6, 6.07) is 8.48. The van der Waals surface area contributed by atoms with Crippen LogP contribution in [0.15, 0.2) is 30.5 Å². The number of benzene rings is 1. The maximum Gasteiger partial charge on any atom is 0.0457 e. The Labute approximate surface area is 77.2 Å². The van der Waals surface area contributed by atoms with Crippen molar-refractivity contribution in [1.82, 2.24) is 9.88 Å². The van der Waals surface area contributed by atoms with Crippen LogP contribution in [0.2, 0.25) is 0 Å². The van der Waals surface area contributed by atoms with Crippen molar-refractivity contribution in [2.75, 3.05) is 13.1 Å². The van der Waals surface area contributed by atoms with Crippen LogP contribution in [0.1, 0.15) is 5.56 Å². The van der Waals surface area contributed by atoms with E-state index >= 15 is 0 Å². The fourth-order valence-electron chi connectivity index (χ4n) is 1.73. The van der Waals surface area contributed by atoms with Crippen molar-refractivity contribution in [2.24, 2.45) is 0 Å². The SMILES string of the molecule is c1ccc2c(CN3CC3)c[nH]c2c1. The molecular weight excluding hydrogens is 160 g/mol. The Hall–Kier alpha value is -1.28. The molecule has 13 heavy (non-hydrogen) atoms. The van der Waals surface area contributed by atoms with Gasteiger partial charge in [-0.05, 0) is 11.6 Å². The Morgan fingerprint density at radius 3 is 2.92 bits per heavy atom. The van der Waals surface area contributed by atoms with E-state index in [9.17, 15) is 0 Å². The summed E-state index contributed by atoms with van der Waals surface area (Å²) in [7, 11) is 0. The van der Waals surface area contributed by atoms with Gasteiger partial charge in [-0.1, -0.05) is 18.2 Å². The molecule has 3 rings (SSSR count). The second-order valence-electron chi connectivity index (χ2n) is 3.64. The molecule has 2 heterocycles. The molecule has 2 nitrogen and oxygen atoms in total. The van der Waals surface area contributed by atoms with Crippen LogP contribution in [0.3, 0.4) is 0 Å². The van der Waals surface area contributed by atoms with Crippen molar-refractivity contribution < 1.29 is 0 Å². The Balaban J connectivity index is 2.06. The molecule has 2 heteroatoms. The van der Waals surface area contributed by atoms with Crippen LogP contribution in [0.25, 0.3) is 10.9 Å². The smallest absolute Gasteiger partial charge is 0.0457 e. The van der Waals surface area contributed by atoms with Crippen molar-refractivity contribution in [3.05, 3.63) is 36.0 Å². The van der Waals surface area contributed by atoms with Gasteiger partial charge in [0.15, 0.2) is 0 Å². The van der Waals surface area contributed by atoms with Gasteiger partial charge in [-0.3, -0.25) is 4.90 Å². The van der Waals surface area contributed by atoms with E-state index in [-0.39, 0.29) is 0 Å². The molecule has 0 aliphatic carbocycles. The van der Waals surface area contributed by atoms with Crippen molar-refractivity contribution in [3.63, 3.8) is 0 Å². The van der Waals surface area contributed by atoms with E-state index in [0.29, 0.717) is 0 Å². The van der Waals surface area contributed by atoms with Gasteiger partial charge in [-0.2, -0.15) is 0 Å². The van der Waals surface area contributed by atoms with E-state index in [1.165, 1.54) is 29.6 Å². The van der Waals surface area contributed by atoms with Gasteiger partial charge in [0.2, 0.25) is 0 Å². The maximum atomic E-state index is 3.29. The van der Waals surface area contributed by atoms with Crippen LogP contribution in [0.5, 0.6) is 0 Å². The molecule has 1 fully saturated rings. The summed E-state index contributed by atoms with van der Waals surface area (Å²) in [6.45, 7) is 3.63. The number of fused-ring (bicyclic) bond motifs is 1. The number of aromatic amines is 1. The predicted octanol–water partition coefficient (Wildman–Crippen LogP) is 1.98. The summed E-state index contributed by atoms with van der Waals surface area (Å²) in [4.78, 5) is 5.72. The lowest BCUT2D eigenvalue weighted by Gasteiger charge is -1.97. The number of rotatable bonds is 2. The van der Waals surface area contributed by atoms with Crippen molar-refractivity contribution >= 4 is 10.9 Å². The third-order valence-electron chi connectivity index (χ3n) is 2.61. The minimum Gasteiger partial charge on any atom is -0.361 e. The molecule has 0 bridgehead atoms. The van der Waals surface area contributed by atoms with E-state index in [4.69, 9.17) is 0 Å². The minimum atomic E-state index is 1.10. The van der Waals surface area contributed by atoms with Gasteiger partial charge in [0.25, 0.3) is 0 Å². The number of aromatic nitrogens is 1. The highest BCUT2D eigenvalue weighted by Crippen LogP contribution is 2.21. The van der Waals surface area contributed by atoms with E-state index in [1.807, 2.05) is 0 Å². The molecule has 0 amide bonds. The number of nitrogens with zero attached hydrogens (tertiary/aromatic N) is 1. The molecule has 66 valence electrons. The third-order valence-corrected chi connectivity index (χ3v) is 2.61. The van der Waals surface area contributed by atoms with E-state index in [0.717, 1.165) is 6.54 Å². The summed E-state index contributed by atoms with van der Waals surface area (Å²) < 4.78 is 0. The number of hydrogen-bond acceptors (Lipinski definition) is 1. The molecule has 1 aliphatic heterocycles. The first-order valence-corrected chi connectivity index (χ1v) is 4.71. The van der Waals surface area contributed by atoms with Gasteiger partial charge in [0, 0.05) is 36.7 Å². The van der Waals surface area contributed by atoms with Gasteiger partial charge in [-0.15, -0.1) is 0 Å². The maximum absolute atomic E-state index is 3.29. The minimum absolute atomic E-state index is 1.10. The first-order valence-electron chi connectivity index (χ1n) is 4.71. The highest BCUT2D eigenvalue weighted by molar-refractivity contribution is 5.82. The Bertz CT molecular complexity index is 426. The second kappa shape index (κ2) is 2.60. The molecule has 0 spiro atoms. The summed E-state index contributed by atoms with van der Waals surface area (Å²) in [5.41, 5.74) is 2.67. The van der Waals surface area contributed by atoms with Crippen molar-refractivity contribution in [2.45, 2.75) is 6.54 Å². The summed E-state index contributed by atoms with van der Waals surface area (Å²) >= 11 is 0. The Morgan fingerprint density at radius 2 is 2.08 bits per heavy atom. The molecule has 0 unspecified atom stereocenters. The number of nitrogens with one attached hydrogen (secondary N) is 1. The predicted molar refractivity (Wildman–Crippen MR) is 53.6 cm³/mol. The zero-order valence-corrected chi connectivity index (χ0v) is 7.46. The molecule has 0 saturated carbocycles. The largest absolute Gasteiger partial charge is 0.361 e. The quantitative estimate of drug-likeness (QED) is 0.686. The average Bonchev–Trinajstić information content (AvgIpc) is 2.88. The third kappa shape index (κ3) is 1.23. The van der Waals surface area contributed by atoms with Crippen LogP contribution in [-0.4, -0.2) is 23.0 Å². The first kappa shape index (κ1) is 7.15.